The molecule has 0 aliphatic heterocycles. The lowest BCUT2D eigenvalue weighted by Gasteiger charge is -2.10. The summed E-state index contributed by atoms with van der Waals surface area (Å²) in [4.78, 5) is 13.2. The van der Waals surface area contributed by atoms with E-state index in [0.29, 0.717) is 5.75 Å². The van der Waals surface area contributed by atoms with Crippen LogP contribution >= 0.6 is 11.8 Å². The van der Waals surface area contributed by atoms with Gasteiger partial charge >= 0.3 is 0 Å². The van der Waals surface area contributed by atoms with Gasteiger partial charge in [-0.2, -0.15) is 0 Å². The average molecular weight is 330 g/mol. The molecule has 0 unspecified atom stereocenters. The third-order valence-electron chi connectivity index (χ3n) is 3.30. The van der Waals surface area contributed by atoms with Crippen molar-refractivity contribution in [3.8, 4) is 17.2 Å². The zero-order valence-corrected chi connectivity index (χ0v) is 14.0. The number of benzene rings is 2. The largest absolute Gasteiger partial charge is 0.507 e. The van der Waals surface area contributed by atoms with Crippen molar-refractivity contribution >= 4 is 23.6 Å². The molecule has 0 spiro atoms. The molecule has 2 aromatic carbocycles. The summed E-state index contributed by atoms with van der Waals surface area (Å²) in [6.45, 7) is 0. The quantitative estimate of drug-likeness (QED) is 0.492. The lowest BCUT2D eigenvalue weighted by Crippen LogP contribution is -2.00. The molecule has 1 N–H and O–H groups in total. The third kappa shape index (κ3) is 4.07. The summed E-state index contributed by atoms with van der Waals surface area (Å²) >= 11 is 1.47. The molecule has 5 heteroatoms. The highest BCUT2D eigenvalue weighted by Crippen LogP contribution is 2.33. The van der Waals surface area contributed by atoms with Crippen LogP contribution in [0.25, 0.3) is 6.08 Å². The number of ketones is 1. The minimum absolute atomic E-state index is 0.0851. The fourth-order valence-electron chi connectivity index (χ4n) is 2.07. The fraction of sp³-hybridized carbons (Fsp3) is 0.167. The molecule has 0 aliphatic carbocycles. The molecular formula is C18H18O4S. The molecule has 0 amide bonds. The molecule has 0 heterocycles. The molecule has 0 saturated carbocycles. The van der Waals surface area contributed by atoms with Gasteiger partial charge in [-0.25, -0.2) is 0 Å². The van der Waals surface area contributed by atoms with E-state index in [0.717, 1.165) is 16.2 Å². The van der Waals surface area contributed by atoms with Crippen LogP contribution < -0.4 is 9.47 Å². The van der Waals surface area contributed by atoms with Crippen molar-refractivity contribution in [2.45, 2.75) is 4.90 Å². The first-order valence-corrected chi connectivity index (χ1v) is 8.13. The van der Waals surface area contributed by atoms with Crippen LogP contribution in [-0.4, -0.2) is 31.4 Å². The Morgan fingerprint density at radius 3 is 2.39 bits per heavy atom. The van der Waals surface area contributed by atoms with Crippen molar-refractivity contribution in [2.24, 2.45) is 0 Å². The van der Waals surface area contributed by atoms with Gasteiger partial charge in [0, 0.05) is 4.90 Å². The average Bonchev–Trinajstić information content (AvgIpc) is 2.59. The van der Waals surface area contributed by atoms with E-state index in [1.165, 1.54) is 24.9 Å². The number of carbonyl (C=O) groups is 1. The van der Waals surface area contributed by atoms with E-state index in [1.54, 1.807) is 25.3 Å². The number of hydrogen-bond donors (Lipinski definition) is 1. The number of phenols is 1. The number of phenolic OH excluding ortho intramolecular Hbond substituents is 1. The van der Waals surface area contributed by atoms with Crippen LogP contribution in [0.4, 0.5) is 0 Å². The van der Waals surface area contributed by atoms with Crippen molar-refractivity contribution in [1.82, 2.24) is 0 Å². The number of carbonyl (C=O) groups excluding carboxylic acids is 1. The van der Waals surface area contributed by atoms with Crippen LogP contribution in [-0.2, 0) is 0 Å². The van der Waals surface area contributed by atoms with Crippen LogP contribution in [0.1, 0.15) is 15.9 Å². The summed E-state index contributed by atoms with van der Waals surface area (Å²) in [6.07, 6.45) is 4.99. The van der Waals surface area contributed by atoms with Crippen LogP contribution in [0.2, 0.25) is 0 Å². The molecule has 0 bridgehead atoms. The summed E-state index contributed by atoms with van der Waals surface area (Å²) in [6, 6.07) is 10.6. The normalized spacial score (nSPS) is 10.7. The minimum atomic E-state index is -0.317. The van der Waals surface area contributed by atoms with Crippen molar-refractivity contribution in [3.63, 3.8) is 0 Å². The Morgan fingerprint density at radius 1 is 1.13 bits per heavy atom. The molecule has 4 nitrogen and oxygen atoms in total. The zero-order valence-electron chi connectivity index (χ0n) is 13.2. The number of methoxy groups -OCH3 is 2. The minimum Gasteiger partial charge on any atom is -0.507 e. The van der Waals surface area contributed by atoms with Gasteiger partial charge in [0.2, 0.25) is 0 Å². The lowest BCUT2D eigenvalue weighted by atomic mass is 10.1. The van der Waals surface area contributed by atoms with Crippen LogP contribution in [0, 0.1) is 0 Å². The van der Waals surface area contributed by atoms with Crippen LogP contribution in [0.3, 0.4) is 0 Å². The summed E-state index contributed by atoms with van der Waals surface area (Å²) < 4.78 is 10.3. The molecule has 120 valence electrons. The van der Waals surface area contributed by atoms with E-state index in [2.05, 4.69) is 0 Å². The number of aromatic hydroxyl groups is 1. The molecule has 23 heavy (non-hydrogen) atoms. The number of thioether (sulfide) groups is 1. The van der Waals surface area contributed by atoms with Gasteiger partial charge in [-0.3, -0.25) is 4.79 Å². The van der Waals surface area contributed by atoms with Gasteiger partial charge in [0.05, 0.1) is 14.2 Å². The molecule has 0 atom stereocenters. The second-order valence-corrected chi connectivity index (χ2v) is 5.57. The van der Waals surface area contributed by atoms with Crippen molar-refractivity contribution < 1.29 is 19.4 Å². The first-order valence-electron chi connectivity index (χ1n) is 6.90. The first kappa shape index (κ1) is 17.0. The Morgan fingerprint density at radius 2 is 1.83 bits per heavy atom. The lowest BCUT2D eigenvalue weighted by molar-refractivity contribution is 0.104. The highest BCUT2D eigenvalue weighted by atomic mass is 32.2. The number of allylic oxidation sites excluding steroid dienone is 1. The van der Waals surface area contributed by atoms with Crippen molar-refractivity contribution in [2.75, 3.05) is 20.5 Å². The third-order valence-corrected chi connectivity index (χ3v) is 4.01. The maximum atomic E-state index is 12.4. The molecule has 0 saturated heterocycles. The Bertz CT molecular complexity index is 721. The van der Waals surface area contributed by atoms with Gasteiger partial charge in [0.25, 0.3) is 0 Å². The maximum absolute atomic E-state index is 12.4. The maximum Gasteiger partial charge on any atom is 0.193 e. The van der Waals surface area contributed by atoms with Gasteiger partial charge in [-0.15, -0.1) is 11.8 Å². The first-order chi connectivity index (χ1) is 11.1. The topological polar surface area (TPSA) is 55.8 Å². The van der Waals surface area contributed by atoms with E-state index in [9.17, 15) is 9.90 Å². The van der Waals surface area contributed by atoms with E-state index < -0.39 is 0 Å². The highest BCUT2D eigenvalue weighted by molar-refractivity contribution is 7.98. The molecule has 2 aromatic rings. The smallest absolute Gasteiger partial charge is 0.193 e. The predicted molar refractivity (Wildman–Crippen MR) is 92.8 cm³/mol. The monoisotopic (exact) mass is 330 g/mol. The Hall–Kier alpha value is -2.40. The molecule has 0 radical (unpaired) electrons. The zero-order chi connectivity index (χ0) is 16.8. The van der Waals surface area contributed by atoms with Crippen LogP contribution in [0.15, 0.2) is 47.4 Å². The molecule has 2 rings (SSSR count). The standard InChI is InChI=1S/C18H18O4S/c1-21-13-7-4-12(5-8-13)6-9-15(19)18-16(20)10-14(23-3)11-17(18)22-2/h4-11,20H,1-3H3. The van der Waals surface area contributed by atoms with Gasteiger partial charge in [-0.05, 0) is 42.2 Å². The molecular weight excluding hydrogens is 312 g/mol. The second-order valence-electron chi connectivity index (χ2n) is 4.69. The van der Waals surface area contributed by atoms with E-state index in [-0.39, 0.29) is 17.1 Å². The Kier molecular flexibility index (Phi) is 5.71. The fourth-order valence-corrected chi connectivity index (χ4v) is 2.53. The summed E-state index contributed by atoms with van der Waals surface area (Å²) in [5.74, 6) is 0.708. The summed E-state index contributed by atoms with van der Waals surface area (Å²) in [5, 5.41) is 10.1. The number of rotatable bonds is 6. The van der Waals surface area contributed by atoms with Gasteiger partial charge in [0.15, 0.2) is 5.78 Å². The molecule has 0 aromatic heterocycles. The number of hydrogen-bond acceptors (Lipinski definition) is 5. The molecule has 0 fully saturated rings. The highest BCUT2D eigenvalue weighted by Gasteiger charge is 2.16. The Labute approximate surface area is 139 Å². The number of ether oxygens (including phenoxy) is 2. The van der Waals surface area contributed by atoms with Crippen molar-refractivity contribution in [3.05, 3.63) is 53.6 Å². The van der Waals surface area contributed by atoms with Gasteiger partial charge in [-0.1, -0.05) is 18.2 Å². The van der Waals surface area contributed by atoms with Gasteiger partial charge < -0.3 is 14.6 Å². The van der Waals surface area contributed by atoms with Crippen molar-refractivity contribution in [1.29, 1.82) is 0 Å². The summed E-state index contributed by atoms with van der Waals surface area (Å²) in [7, 11) is 3.07. The van der Waals surface area contributed by atoms with E-state index in [4.69, 9.17) is 9.47 Å². The van der Waals surface area contributed by atoms with Gasteiger partial charge in [0.1, 0.15) is 22.8 Å². The predicted octanol–water partition coefficient (Wildman–Crippen LogP) is 4.03. The SMILES string of the molecule is COc1ccc(C=CC(=O)c2c(O)cc(SC)cc2OC)cc1. The van der Waals surface area contributed by atoms with Crippen LogP contribution in [0.5, 0.6) is 17.2 Å². The van der Waals surface area contributed by atoms with E-state index in [1.807, 2.05) is 30.5 Å². The second kappa shape index (κ2) is 7.74. The summed E-state index contributed by atoms with van der Waals surface area (Å²) in [5.41, 5.74) is 1.02. The molecule has 0 aliphatic rings. The van der Waals surface area contributed by atoms with E-state index >= 15 is 0 Å². The Balaban J connectivity index is 2.27.